The Morgan fingerprint density at radius 2 is 1.59 bits per heavy atom. The van der Waals surface area contributed by atoms with Crippen LogP contribution in [0, 0.1) is 20.8 Å². The fraction of sp³-hybridized carbons (Fsp3) is 0.529. The third kappa shape index (κ3) is 9.87. The minimum absolute atomic E-state index is 0.248. The molecule has 5 nitrogen and oxygen atoms in total. The van der Waals surface area contributed by atoms with Gasteiger partial charge in [0.2, 0.25) is 0 Å². The van der Waals surface area contributed by atoms with E-state index in [4.69, 9.17) is 14.5 Å². The van der Waals surface area contributed by atoms with E-state index >= 15 is 0 Å². The molecular formula is C34H48N2O3. The number of amidine groups is 1. The largest absolute Gasteiger partial charge is 0.496 e. The highest BCUT2D eigenvalue weighted by Crippen LogP contribution is 2.28. The highest BCUT2D eigenvalue weighted by Gasteiger charge is 2.20. The van der Waals surface area contributed by atoms with E-state index in [1.165, 1.54) is 55.2 Å². The van der Waals surface area contributed by atoms with Crippen LogP contribution in [0.5, 0.6) is 5.75 Å². The van der Waals surface area contributed by atoms with Crippen molar-refractivity contribution >= 4 is 18.1 Å². The molecule has 0 spiro atoms. The van der Waals surface area contributed by atoms with Crippen molar-refractivity contribution < 1.29 is 14.3 Å². The highest BCUT2D eigenvalue weighted by atomic mass is 16.6. The van der Waals surface area contributed by atoms with Crippen molar-refractivity contribution in [2.75, 3.05) is 7.11 Å². The number of aryl methyl sites for hydroxylation is 1. The molecule has 0 atom stereocenters. The maximum atomic E-state index is 12.8. The van der Waals surface area contributed by atoms with Crippen molar-refractivity contribution in [3.63, 3.8) is 0 Å². The van der Waals surface area contributed by atoms with Crippen molar-refractivity contribution in [2.24, 2.45) is 4.99 Å². The quantitative estimate of drug-likeness (QED) is 0.120. The Morgan fingerprint density at radius 1 is 0.923 bits per heavy atom. The monoisotopic (exact) mass is 532 g/mol. The second-order valence-electron chi connectivity index (χ2n) is 11.2. The molecule has 0 bridgehead atoms. The van der Waals surface area contributed by atoms with Gasteiger partial charge in [-0.05, 0) is 94.2 Å². The maximum absolute atomic E-state index is 12.8. The van der Waals surface area contributed by atoms with E-state index in [1.54, 1.807) is 13.2 Å². The van der Waals surface area contributed by atoms with Gasteiger partial charge in [-0.1, -0.05) is 74.5 Å². The van der Waals surface area contributed by atoms with Crippen molar-refractivity contribution in [2.45, 2.75) is 111 Å². The molecule has 1 aromatic carbocycles. The molecular weight excluding hydrogens is 484 g/mol. The zero-order valence-electron chi connectivity index (χ0n) is 24.9. The molecule has 0 unspecified atom stereocenters. The van der Waals surface area contributed by atoms with Crippen LogP contribution in [0.25, 0.3) is 6.08 Å². The molecule has 0 amide bonds. The normalized spacial score (nSPS) is 18.7. The Kier molecular flexibility index (Phi) is 12.1. The van der Waals surface area contributed by atoms with E-state index in [9.17, 15) is 4.79 Å². The predicted molar refractivity (Wildman–Crippen MR) is 163 cm³/mol. The number of methoxy groups -OCH3 is 1. The Bertz CT molecular complexity index is 1130. The van der Waals surface area contributed by atoms with Crippen LogP contribution >= 0.6 is 0 Å². The lowest BCUT2D eigenvalue weighted by atomic mass is 9.95. The summed E-state index contributed by atoms with van der Waals surface area (Å²) in [6.07, 6.45) is 23.5. The first-order valence-electron chi connectivity index (χ1n) is 14.7. The molecule has 0 heterocycles. The molecule has 0 radical (unpaired) electrons. The topological polar surface area (TPSA) is 59.9 Å². The number of hydrogen-bond donors (Lipinski definition) is 1. The third-order valence-corrected chi connectivity index (χ3v) is 7.91. The van der Waals surface area contributed by atoms with Crippen LogP contribution in [-0.2, 0) is 9.53 Å². The summed E-state index contributed by atoms with van der Waals surface area (Å²) in [5, 5.41) is 3.45. The number of carbonyl (C=O) groups excluding carboxylic acids is 1. The minimum Gasteiger partial charge on any atom is -0.496 e. The van der Waals surface area contributed by atoms with Gasteiger partial charge >= 0.3 is 5.97 Å². The van der Waals surface area contributed by atoms with E-state index < -0.39 is 0 Å². The van der Waals surface area contributed by atoms with E-state index in [2.05, 4.69) is 51.2 Å². The Labute approximate surface area is 236 Å². The molecule has 0 saturated heterocycles. The van der Waals surface area contributed by atoms with Gasteiger partial charge in [-0.3, -0.25) is 0 Å². The van der Waals surface area contributed by atoms with E-state index in [-0.39, 0.29) is 12.0 Å². The molecule has 0 aromatic heterocycles. The van der Waals surface area contributed by atoms with Crippen LogP contribution in [0.2, 0.25) is 0 Å². The number of benzene rings is 1. The van der Waals surface area contributed by atoms with Crippen LogP contribution in [0.1, 0.15) is 100 Å². The summed E-state index contributed by atoms with van der Waals surface area (Å²) in [6, 6.07) is 3.09. The summed E-state index contributed by atoms with van der Waals surface area (Å²) in [7, 11) is 1.71. The number of rotatable bonds is 8. The van der Waals surface area contributed by atoms with Gasteiger partial charge in [0.05, 0.1) is 13.2 Å². The standard InChI is InChI=1S/C34H48N2O3/c1-24(20-21-31-26(3)23-32(38-6)28(5)27(31)4)14-13-15-25(2)22-33(37)39-34(35-29-16-9-7-10-17-29)36-30-18-11-8-12-19-30/h13-15,20-23,29-30H,7-12,16-19H2,1-6H3,(H,35,36)/b15-13+,21-20+,24-14+,25-22+. The average Bonchev–Trinajstić information content (AvgIpc) is 2.91. The number of hydrogen-bond acceptors (Lipinski definition) is 4. The van der Waals surface area contributed by atoms with Gasteiger partial charge in [0.25, 0.3) is 6.02 Å². The highest BCUT2D eigenvalue weighted by molar-refractivity contribution is 5.94. The van der Waals surface area contributed by atoms with Gasteiger partial charge < -0.3 is 14.8 Å². The number of allylic oxidation sites excluding steroid dienone is 6. The van der Waals surface area contributed by atoms with Crippen LogP contribution in [0.15, 0.2) is 52.6 Å². The van der Waals surface area contributed by atoms with E-state index in [1.807, 2.05) is 25.2 Å². The Balaban J connectivity index is 1.62. The molecule has 2 fully saturated rings. The molecule has 1 N–H and O–H groups in total. The number of nitrogens with zero attached hydrogens (tertiary/aromatic N) is 1. The summed E-state index contributed by atoms with van der Waals surface area (Å²) in [6.45, 7) is 10.3. The molecule has 3 rings (SSSR count). The molecule has 2 aliphatic rings. The van der Waals surface area contributed by atoms with E-state index in [0.29, 0.717) is 12.1 Å². The third-order valence-electron chi connectivity index (χ3n) is 7.91. The molecule has 1 aromatic rings. The molecule has 5 heteroatoms. The zero-order chi connectivity index (χ0) is 28.2. The fourth-order valence-corrected chi connectivity index (χ4v) is 5.41. The number of esters is 1. The average molecular weight is 533 g/mol. The van der Waals surface area contributed by atoms with Crippen molar-refractivity contribution in [3.8, 4) is 5.75 Å². The second-order valence-corrected chi connectivity index (χ2v) is 11.2. The summed E-state index contributed by atoms with van der Waals surface area (Å²) < 4.78 is 11.2. The smallest absolute Gasteiger partial charge is 0.338 e. The van der Waals surface area contributed by atoms with E-state index in [0.717, 1.165) is 48.1 Å². The first-order chi connectivity index (χ1) is 18.8. The predicted octanol–water partition coefficient (Wildman–Crippen LogP) is 8.24. The van der Waals surface area contributed by atoms with Crippen molar-refractivity contribution in [1.82, 2.24) is 5.32 Å². The molecule has 2 aliphatic carbocycles. The lowest BCUT2D eigenvalue weighted by Crippen LogP contribution is -2.39. The number of carbonyl (C=O) groups is 1. The van der Waals surface area contributed by atoms with Crippen molar-refractivity contribution in [1.29, 1.82) is 0 Å². The van der Waals surface area contributed by atoms with Crippen molar-refractivity contribution in [3.05, 3.63) is 69.8 Å². The maximum Gasteiger partial charge on any atom is 0.338 e. The number of nitrogens with one attached hydrogen (secondary N) is 1. The van der Waals surface area contributed by atoms with Crippen LogP contribution in [0.4, 0.5) is 0 Å². The lowest BCUT2D eigenvalue weighted by molar-refractivity contribution is -0.130. The molecule has 2 saturated carbocycles. The molecule has 212 valence electrons. The first kappa shape index (κ1) is 30.5. The molecule has 39 heavy (non-hydrogen) atoms. The van der Waals surface area contributed by atoms with Gasteiger partial charge in [-0.2, -0.15) is 0 Å². The Hall–Kier alpha value is -3.08. The molecule has 0 aliphatic heterocycles. The number of aliphatic imine (C=N–C) groups is 1. The summed E-state index contributed by atoms with van der Waals surface area (Å²) in [4.78, 5) is 17.6. The SMILES string of the molecule is COc1cc(C)c(/C=C/C(C)=C/C=C/C(C)=C/C(=O)OC(=NC2CCCCC2)NC2CCCCC2)c(C)c1C. The van der Waals surface area contributed by atoms with Crippen LogP contribution in [0.3, 0.4) is 0 Å². The van der Waals surface area contributed by atoms with Gasteiger partial charge in [-0.25, -0.2) is 9.79 Å². The number of ether oxygens (including phenoxy) is 2. The van der Waals surface area contributed by atoms with Gasteiger partial charge in [0, 0.05) is 12.1 Å². The second kappa shape index (κ2) is 15.5. The van der Waals surface area contributed by atoms with Gasteiger partial charge in [0.15, 0.2) is 0 Å². The first-order valence-corrected chi connectivity index (χ1v) is 14.7. The fourth-order valence-electron chi connectivity index (χ4n) is 5.41. The lowest BCUT2D eigenvalue weighted by Gasteiger charge is -2.25. The summed E-state index contributed by atoms with van der Waals surface area (Å²) >= 11 is 0. The van der Waals surface area contributed by atoms with Gasteiger partial charge in [0.1, 0.15) is 5.75 Å². The minimum atomic E-state index is -0.378. The Morgan fingerprint density at radius 3 is 2.26 bits per heavy atom. The summed E-state index contributed by atoms with van der Waals surface area (Å²) in [5.74, 6) is 0.548. The summed E-state index contributed by atoms with van der Waals surface area (Å²) in [5.41, 5.74) is 6.76. The van der Waals surface area contributed by atoms with Crippen LogP contribution < -0.4 is 10.1 Å². The van der Waals surface area contributed by atoms with Crippen LogP contribution in [-0.4, -0.2) is 31.2 Å². The zero-order valence-corrected chi connectivity index (χ0v) is 24.9. The van der Waals surface area contributed by atoms with Gasteiger partial charge in [-0.15, -0.1) is 0 Å².